The van der Waals surface area contributed by atoms with Gasteiger partial charge in [-0.15, -0.1) is 0 Å². The number of carbonyl (C=O) groups is 1. The van der Waals surface area contributed by atoms with E-state index in [0.717, 1.165) is 6.42 Å². The highest BCUT2D eigenvalue weighted by molar-refractivity contribution is 5.77. The van der Waals surface area contributed by atoms with Gasteiger partial charge in [0.15, 0.2) is 0 Å². The van der Waals surface area contributed by atoms with E-state index in [1.54, 1.807) is 6.92 Å². The molecule has 18 heavy (non-hydrogen) atoms. The number of carboxylic acid groups (broad SMARTS) is 1. The average Bonchev–Trinajstić information content (AvgIpc) is 2.26. The van der Waals surface area contributed by atoms with Crippen molar-refractivity contribution in [2.75, 3.05) is 0 Å². The maximum atomic E-state index is 11.1. The van der Waals surface area contributed by atoms with Crippen LogP contribution in [0.2, 0.25) is 0 Å². The van der Waals surface area contributed by atoms with Crippen LogP contribution < -0.4 is 5.73 Å². The minimum atomic E-state index is -1.17. The molecule has 0 aromatic heterocycles. The Kier molecular flexibility index (Phi) is 4.52. The number of hydrogen-bond acceptors (Lipinski definition) is 2. The van der Waals surface area contributed by atoms with Gasteiger partial charge in [0.2, 0.25) is 0 Å². The van der Waals surface area contributed by atoms with Gasteiger partial charge in [0.1, 0.15) is 5.54 Å². The van der Waals surface area contributed by atoms with E-state index < -0.39 is 11.5 Å². The molecule has 0 aliphatic heterocycles. The first kappa shape index (κ1) is 14.7. The van der Waals surface area contributed by atoms with Crippen LogP contribution in [0.1, 0.15) is 49.3 Å². The summed E-state index contributed by atoms with van der Waals surface area (Å²) in [7, 11) is 0. The smallest absolute Gasteiger partial charge is 0.323 e. The average molecular weight is 249 g/mol. The lowest BCUT2D eigenvalue weighted by molar-refractivity contribution is -0.143. The van der Waals surface area contributed by atoms with E-state index in [1.807, 2.05) is 0 Å². The van der Waals surface area contributed by atoms with Gasteiger partial charge in [0.25, 0.3) is 0 Å². The van der Waals surface area contributed by atoms with Crippen LogP contribution in [-0.4, -0.2) is 16.6 Å². The van der Waals surface area contributed by atoms with Crippen molar-refractivity contribution in [3.63, 3.8) is 0 Å². The van der Waals surface area contributed by atoms with Crippen LogP contribution in [0, 0.1) is 13.8 Å². The highest BCUT2D eigenvalue weighted by Crippen LogP contribution is 2.30. The van der Waals surface area contributed by atoms with Gasteiger partial charge in [0, 0.05) is 0 Å². The lowest BCUT2D eigenvalue weighted by atomic mass is 9.82. The number of nitrogens with two attached hydrogens (primary N) is 1. The van der Waals surface area contributed by atoms with Crippen LogP contribution >= 0.6 is 0 Å². The lowest BCUT2D eigenvalue weighted by Crippen LogP contribution is -2.46. The summed E-state index contributed by atoms with van der Waals surface area (Å²) in [5.74, 6) is -0.748. The molecule has 0 aliphatic rings. The van der Waals surface area contributed by atoms with E-state index in [4.69, 9.17) is 10.8 Å². The number of hydrogen-bond donors (Lipinski definition) is 2. The molecule has 2 atom stereocenters. The molecule has 1 rings (SSSR count). The summed E-state index contributed by atoms with van der Waals surface area (Å²) >= 11 is 0. The fourth-order valence-corrected chi connectivity index (χ4v) is 2.36. The second-order valence-corrected chi connectivity index (χ2v) is 5.39. The van der Waals surface area contributed by atoms with Crippen LogP contribution in [0.25, 0.3) is 0 Å². The summed E-state index contributed by atoms with van der Waals surface area (Å²) in [5, 5.41) is 9.12. The summed E-state index contributed by atoms with van der Waals surface area (Å²) in [4.78, 5) is 11.1. The van der Waals surface area contributed by atoms with Gasteiger partial charge in [-0.05, 0) is 50.7 Å². The van der Waals surface area contributed by atoms with Gasteiger partial charge < -0.3 is 10.8 Å². The molecule has 0 fully saturated rings. The molecule has 0 heterocycles. The first-order chi connectivity index (χ1) is 8.27. The highest BCUT2D eigenvalue weighted by Gasteiger charge is 2.31. The number of aliphatic carboxylic acids is 1. The normalized spacial score (nSPS) is 16.1. The molecule has 3 nitrogen and oxygen atoms in total. The van der Waals surface area contributed by atoms with Crippen molar-refractivity contribution in [2.24, 2.45) is 5.73 Å². The molecule has 100 valence electrons. The first-order valence-corrected chi connectivity index (χ1v) is 6.37. The topological polar surface area (TPSA) is 63.3 Å². The van der Waals surface area contributed by atoms with Crippen LogP contribution in [-0.2, 0) is 4.79 Å². The van der Waals surface area contributed by atoms with Crippen molar-refractivity contribution < 1.29 is 9.90 Å². The molecule has 0 amide bonds. The Bertz CT molecular complexity index is 438. The van der Waals surface area contributed by atoms with Crippen molar-refractivity contribution in [2.45, 2.75) is 52.0 Å². The molecule has 3 heteroatoms. The fraction of sp³-hybridized carbons (Fsp3) is 0.533. The van der Waals surface area contributed by atoms with E-state index in [0.29, 0.717) is 6.42 Å². The van der Waals surface area contributed by atoms with E-state index in [1.165, 1.54) is 16.7 Å². The van der Waals surface area contributed by atoms with Crippen molar-refractivity contribution in [3.05, 3.63) is 34.9 Å². The van der Waals surface area contributed by atoms with Crippen LogP contribution in [0.15, 0.2) is 18.2 Å². The monoisotopic (exact) mass is 249 g/mol. The van der Waals surface area contributed by atoms with Crippen molar-refractivity contribution in [3.8, 4) is 0 Å². The molecule has 2 unspecified atom stereocenters. The van der Waals surface area contributed by atoms with Gasteiger partial charge in [0.05, 0.1) is 0 Å². The molecule has 1 aromatic rings. The zero-order valence-electron chi connectivity index (χ0n) is 11.7. The minimum absolute atomic E-state index is 0.191. The van der Waals surface area contributed by atoms with Crippen LogP contribution in [0.5, 0.6) is 0 Å². The predicted octanol–water partition coefficient (Wildman–Crippen LogP) is 2.99. The second kappa shape index (κ2) is 5.53. The third kappa shape index (κ3) is 3.33. The SMILES string of the molecule is CCC(CC(C)(N)C(=O)O)c1ccc(C)cc1C. The molecule has 0 saturated carbocycles. The fourth-order valence-electron chi connectivity index (χ4n) is 2.36. The number of benzene rings is 1. The molecular formula is C15H23NO2. The zero-order valence-corrected chi connectivity index (χ0v) is 11.7. The summed E-state index contributed by atoms with van der Waals surface area (Å²) in [5.41, 5.74) is 8.33. The zero-order chi connectivity index (χ0) is 13.9. The minimum Gasteiger partial charge on any atom is -0.480 e. The standard InChI is InChI=1S/C15H23NO2/c1-5-12(9-15(4,16)14(17)18)13-7-6-10(2)8-11(13)3/h6-8,12H,5,9,16H2,1-4H3,(H,17,18). The summed E-state index contributed by atoms with van der Waals surface area (Å²) in [6, 6.07) is 6.29. The molecule has 0 radical (unpaired) electrons. The largest absolute Gasteiger partial charge is 0.480 e. The number of carboxylic acids is 1. The summed E-state index contributed by atoms with van der Waals surface area (Å²) in [6.45, 7) is 7.78. The Morgan fingerprint density at radius 3 is 2.50 bits per heavy atom. The quantitative estimate of drug-likeness (QED) is 0.843. The number of rotatable bonds is 5. The molecule has 3 N–H and O–H groups in total. The Labute approximate surface area is 109 Å². The van der Waals surface area contributed by atoms with E-state index >= 15 is 0 Å². The maximum absolute atomic E-state index is 11.1. The van der Waals surface area contributed by atoms with Gasteiger partial charge in [-0.1, -0.05) is 30.7 Å². The molecular weight excluding hydrogens is 226 g/mol. The second-order valence-electron chi connectivity index (χ2n) is 5.39. The molecule has 0 aliphatic carbocycles. The summed E-state index contributed by atoms with van der Waals surface area (Å²) < 4.78 is 0. The molecule has 0 saturated heterocycles. The van der Waals surface area contributed by atoms with Crippen LogP contribution in [0.4, 0.5) is 0 Å². The first-order valence-electron chi connectivity index (χ1n) is 6.37. The predicted molar refractivity (Wildman–Crippen MR) is 73.8 cm³/mol. The molecule has 1 aromatic carbocycles. The van der Waals surface area contributed by atoms with Gasteiger partial charge in [-0.25, -0.2) is 0 Å². The van der Waals surface area contributed by atoms with Crippen molar-refractivity contribution in [1.82, 2.24) is 0 Å². The Morgan fingerprint density at radius 1 is 1.44 bits per heavy atom. The van der Waals surface area contributed by atoms with Crippen LogP contribution in [0.3, 0.4) is 0 Å². The maximum Gasteiger partial charge on any atom is 0.323 e. The Balaban J connectivity index is 3.00. The third-order valence-electron chi connectivity index (χ3n) is 3.52. The molecule has 0 bridgehead atoms. The van der Waals surface area contributed by atoms with E-state index in [-0.39, 0.29) is 5.92 Å². The number of aryl methyl sites for hydroxylation is 2. The highest BCUT2D eigenvalue weighted by atomic mass is 16.4. The Hall–Kier alpha value is -1.35. The Morgan fingerprint density at radius 2 is 2.06 bits per heavy atom. The van der Waals surface area contributed by atoms with Crippen molar-refractivity contribution in [1.29, 1.82) is 0 Å². The van der Waals surface area contributed by atoms with Gasteiger partial charge in [-0.3, -0.25) is 4.79 Å². The van der Waals surface area contributed by atoms with E-state index in [9.17, 15) is 4.79 Å². The molecule has 0 spiro atoms. The van der Waals surface area contributed by atoms with Crippen molar-refractivity contribution >= 4 is 5.97 Å². The third-order valence-corrected chi connectivity index (χ3v) is 3.52. The van der Waals surface area contributed by atoms with E-state index in [2.05, 4.69) is 39.0 Å². The lowest BCUT2D eigenvalue weighted by Gasteiger charge is -2.26. The van der Waals surface area contributed by atoms with Gasteiger partial charge >= 0.3 is 5.97 Å². The van der Waals surface area contributed by atoms with Gasteiger partial charge in [-0.2, -0.15) is 0 Å². The summed E-state index contributed by atoms with van der Waals surface area (Å²) in [6.07, 6.45) is 1.35.